The molecule has 1 saturated heterocycles. The first-order chi connectivity index (χ1) is 9.37. The minimum Gasteiger partial charge on any atom is -0.326 e. The summed E-state index contributed by atoms with van der Waals surface area (Å²) in [4.78, 5) is 0.281. The zero-order valence-electron chi connectivity index (χ0n) is 11.8. The maximum absolute atomic E-state index is 12.8. The summed E-state index contributed by atoms with van der Waals surface area (Å²) < 4.78 is 27.3. The second-order valence-electron chi connectivity index (χ2n) is 5.42. The van der Waals surface area contributed by atoms with Crippen molar-refractivity contribution in [1.82, 2.24) is 4.31 Å². The van der Waals surface area contributed by atoms with E-state index < -0.39 is 10.0 Å². The summed E-state index contributed by atoms with van der Waals surface area (Å²) in [5.74, 6) is 0. The molecule has 2 N–H and O–H groups in total. The highest BCUT2D eigenvalue weighted by molar-refractivity contribution is 7.89. The molecule has 2 atom stereocenters. The second kappa shape index (κ2) is 6.02. The molecule has 2 rings (SSSR count). The van der Waals surface area contributed by atoms with E-state index in [9.17, 15) is 8.42 Å². The Morgan fingerprint density at radius 2 is 1.90 bits per heavy atom. The van der Waals surface area contributed by atoms with E-state index >= 15 is 0 Å². The summed E-state index contributed by atoms with van der Waals surface area (Å²) in [6.07, 6.45) is 2.88. The number of nitrogens with zero attached hydrogens (tertiary/aromatic N) is 1. The lowest BCUT2D eigenvalue weighted by Gasteiger charge is -2.37. The maximum atomic E-state index is 12.8. The van der Waals surface area contributed by atoms with Gasteiger partial charge in [-0.1, -0.05) is 18.0 Å². The molecule has 0 saturated carbocycles. The van der Waals surface area contributed by atoms with E-state index in [-0.39, 0.29) is 23.5 Å². The van der Waals surface area contributed by atoms with Gasteiger partial charge in [0.05, 0.1) is 4.90 Å². The Kier molecular flexibility index (Phi) is 4.74. The predicted octanol–water partition coefficient (Wildman–Crippen LogP) is 2.75. The third-order valence-corrected chi connectivity index (χ3v) is 6.42. The summed E-state index contributed by atoms with van der Waals surface area (Å²) in [5.41, 5.74) is 6.26. The van der Waals surface area contributed by atoms with Crippen molar-refractivity contribution in [1.29, 1.82) is 0 Å². The summed E-state index contributed by atoms with van der Waals surface area (Å²) in [6.45, 7) is 4.16. The highest BCUT2D eigenvalue weighted by atomic mass is 35.5. The lowest BCUT2D eigenvalue weighted by molar-refractivity contribution is 0.204. The van der Waals surface area contributed by atoms with Crippen molar-refractivity contribution >= 4 is 21.6 Å². The van der Waals surface area contributed by atoms with Gasteiger partial charge in [-0.3, -0.25) is 0 Å². The molecule has 1 fully saturated rings. The number of benzene rings is 1. The summed E-state index contributed by atoms with van der Waals surface area (Å²) in [5, 5.41) is 0.506. The Morgan fingerprint density at radius 3 is 2.45 bits per heavy atom. The van der Waals surface area contributed by atoms with Crippen molar-refractivity contribution in [3.8, 4) is 0 Å². The fourth-order valence-electron chi connectivity index (χ4n) is 2.86. The van der Waals surface area contributed by atoms with Gasteiger partial charge in [0.15, 0.2) is 0 Å². The van der Waals surface area contributed by atoms with Crippen LogP contribution < -0.4 is 5.73 Å². The lowest BCUT2D eigenvalue weighted by atomic mass is 10.0. The normalized spacial score (nSPS) is 24.8. The van der Waals surface area contributed by atoms with Crippen LogP contribution in [0, 0.1) is 0 Å². The van der Waals surface area contributed by atoms with Gasteiger partial charge < -0.3 is 5.73 Å². The molecule has 20 heavy (non-hydrogen) atoms. The quantitative estimate of drug-likeness (QED) is 0.932. The lowest BCUT2D eigenvalue weighted by Crippen LogP contribution is -2.47. The average Bonchev–Trinajstić information content (AvgIpc) is 2.38. The van der Waals surface area contributed by atoms with E-state index in [1.807, 2.05) is 13.8 Å². The average molecular weight is 317 g/mol. The number of rotatable bonds is 3. The molecule has 1 aromatic carbocycles. The smallest absolute Gasteiger partial charge is 0.243 e. The third kappa shape index (κ3) is 2.86. The largest absolute Gasteiger partial charge is 0.326 e. The number of hydrogen-bond donors (Lipinski definition) is 1. The van der Waals surface area contributed by atoms with Gasteiger partial charge in [0.25, 0.3) is 0 Å². The van der Waals surface area contributed by atoms with Gasteiger partial charge in [-0.15, -0.1) is 0 Å². The number of sulfonamides is 1. The topological polar surface area (TPSA) is 63.4 Å². The third-order valence-electron chi connectivity index (χ3n) is 3.93. The van der Waals surface area contributed by atoms with Gasteiger partial charge in [0.1, 0.15) is 0 Å². The molecule has 0 aliphatic carbocycles. The molecule has 0 radical (unpaired) electrons. The van der Waals surface area contributed by atoms with E-state index in [1.165, 1.54) is 0 Å². The van der Waals surface area contributed by atoms with Crippen molar-refractivity contribution in [3.63, 3.8) is 0 Å². The first kappa shape index (κ1) is 15.8. The van der Waals surface area contributed by atoms with Gasteiger partial charge in [0, 0.05) is 23.7 Å². The number of halogens is 1. The van der Waals surface area contributed by atoms with Crippen LogP contribution in [-0.2, 0) is 16.6 Å². The van der Waals surface area contributed by atoms with Crippen molar-refractivity contribution < 1.29 is 8.42 Å². The monoisotopic (exact) mass is 316 g/mol. The molecule has 0 spiro atoms. The van der Waals surface area contributed by atoms with Gasteiger partial charge in [-0.25, -0.2) is 8.42 Å². The molecule has 4 nitrogen and oxygen atoms in total. The van der Waals surface area contributed by atoms with Gasteiger partial charge in [-0.05, 0) is 50.5 Å². The molecular formula is C14H21ClN2O2S. The number of piperidine rings is 1. The van der Waals surface area contributed by atoms with Crippen LogP contribution in [0.25, 0.3) is 0 Å². The number of hydrogen-bond acceptors (Lipinski definition) is 3. The second-order valence-corrected chi connectivity index (χ2v) is 7.67. The Hall–Kier alpha value is -0.620. The standard InChI is InChI=1S/C14H21ClN2O2S/c1-10-4-3-5-11(2)17(10)20(18,19)13-6-7-14(15)12(8-13)9-16/h6-8,10-11H,3-5,9,16H2,1-2H3/t10-,11+. The SMILES string of the molecule is C[C@@H]1CCC[C@H](C)N1S(=O)(=O)c1ccc(Cl)c(CN)c1. The molecule has 112 valence electrons. The van der Waals surface area contributed by atoms with Gasteiger partial charge in [0.2, 0.25) is 10.0 Å². The minimum atomic E-state index is -3.49. The molecule has 1 aliphatic heterocycles. The van der Waals surface area contributed by atoms with E-state index in [1.54, 1.807) is 22.5 Å². The molecule has 1 aliphatic rings. The summed E-state index contributed by atoms with van der Waals surface area (Å²) in [7, 11) is -3.49. The highest BCUT2D eigenvalue weighted by Gasteiger charge is 2.35. The maximum Gasteiger partial charge on any atom is 0.243 e. The van der Waals surface area contributed by atoms with Crippen LogP contribution in [-0.4, -0.2) is 24.8 Å². The molecule has 1 heterocycles. The zero-order chi connectivity index (χ0) is 14.9. The molecule has 6 heteroatoms. The molecule has 0 unspecified atom stereocenters. The Balaban J connectivity index is 2.43. The van der Waals surface area contributed by atoms with E-state index in [2.05, 4.69) is 0 Å². The fourth-order valence-corrected chi connectivity index (χ4v) is 4.99. The summed E-state index contributed by atoms with van der Waals surface area (Å²) >= 11 is 6.00. The Labute approximate surface area is 126 Å². The van der Waals surface area contributed by atoms with Crippen molar-refractivity contribution in [2.75, 3.05) is 0 Å². The van der Waals surface area contributed by atoms with Crippen molar-refractivity contribution in [2.24, 2.45) is 5.73 Å². The molecular weight excluding hydrogens is 296 g/mol. The van der Waals surface area contributed by atoms with Crippen LogP contribution in [0.4, 0.5) is 0 Å². The van der Waals surface area contributed by atoms with E-state index in [0.29, 0.717) is 10.6 Å². The molecule has 0 aromatic heterocycles. The van der Waals surface area contributed by atoms with Crippen molar-refractivity contribution in [2.45, 2.75) is 56.6 Å². The molecule has 0 amide bonds. The first-order valence-electron chi connectivity index (χ1n) is 6.90. The van der Waals surface area contributed by atoms with Crippen LogP contribution in [0.1, 0.15) is 38.7 Å². The fraction of sp³-hybridized carbons (Fsp3) is 0.571. The first-order valence-corrected chi connectivity index (χ1v) is 8.71. The van der Waals surface area contributed by atoms with Crippen LogP contribution in [0.5, 0.6) is 0 Å². The Morgan fingerprint density at radius 1 is 1.30 bits per heavy atom. The zero-order valence-corrected chi connectivity index (χ0v) is 13.4. The van der Waals surface area contributed by atoms with E-state index in [4.69, 9.17) is 17.3 Å². The van der Waals surface area contributed by atoms with Crippen LogP contribution in [0.3, 0.4) is 0 Å². The highest BCUT2D eigenvalue weighted by Crippen LogP contribution is 2.30. The summed E-state index contributed by atoms with van der Waals surface area (Å²) in [6, 6.07) is 4.81. The molecule has 0 bridgehead atoms. The van der Waals surface area contributed by atoms with Gasteiger partial charge in [-0.2, -0.15) is 4.31 Å². The van der Waals surface area contributed by atoms with Crippen LogP contribution >= 0.6 is 11.6 Å². The van der Waals surface area contributed by atoms with Gasteiger partial charge >= 0.3 is 0 Å². The molecule has 1 aromatic rings. The number of nitrogens with two attached hydrogens (primary N) is 1. The minimum absolute atomic E-state index is 0.0285. The van der Waals surface area contributed by atoms with Crippen molar-refractivity contribution in [3.05, 3.63) is 28.8 Å². The Bertz CT molecular complexity index is 579. The van der Waals surface area contributed by atoms with Crippen LogP contribution in [0.15, 0.2) is 23.1 Å². The van der Waals surface area contributed by atoms with Crippen LogP contribution in [0.2, 0.25) is 5.02 Å². The van der Waals surface area contributed by atoms with E-state index in [0.717, 1.165) is 19.3 Å². The predicted molar refractivity (Wildman–Crippen MR) is 81.1 cm³/mol.